The van der Waals surface area contributed by atoms with Gasteiger partial charge in [-0.05, 0) is 51.0 Å². The Balaban J connectivity index is 1.71. The van der Waals surface area contributed by atoms with Crippen LogP contribution in [-0.4, -0.2) is 41.5 Å². The summed E-state index contributed by atoms with van der Waals surface area (Å²) in [7, 11) is 0. The molecule has 3 N–H and O–H groups in total. The maximum Gasteiger partial charge on any atom is 0.237 e. The number of benzene rings is 1. The predicted molar refractivity (Wildman–Crippen MR) is 102 cm³/mol. The number of hydrogen-bond donors (Lipinski definition) is 2. The van der Waals surface area contributed by atoms with Crippen molar-refractivity contribution in [1.82, 2.24) is 10.2 Å². The van der Waals surface area contributed by atoms with Crippen LogP contribution in [0.2, 0.25) is 0 Å². The van der Waals surface area contributed by atoms with Crippen LogP contribution in [-0.2, 0) is 4.79 Å². The second-order valence-electron chi connectivity index (χ2n) is 8.15. The minimum atomic E-state index is -0.526. The number of nitrogens with two attached hydrogens (primary N) is 1. The van der Waals surface area contributed by atoms with E-state index in [4.69, 9.17) is 5.73 Å². The molecule has 1 saturated heterocycles. The quantitative estimate of drug-likeness (QED) is 0.864. The Labute approximate surface area is 152 Å². The van der Waals surface area contributed by atoms with Crippen molar-refractivity contribution >= 4 is 5.91 Å². The molecule has 25 heavy (non-hydrogen) atoms. The highest BCUT2D eigenvalue weighted by molar-refractivity contribution is 5.84. The predicted octanol–water partition coefficient (Wildman–Crippen LogP) is 3.03. The average Bonchev–Trinajstić information content (AvgIpc) is 2.62. The fourth-order valence-corrected chi connectivity index (χ4v) is 4.89. The number of carbonyl (C=O) groups is 1. The smallest absolute Gasteiger partial charge is 0.237 e. The maximum absolute atomic E-state index is 12.1. The molecule has 4 heteroatoms. The Kier molecular flexibility index (Phi) is 5.80. The SMILES string of the molecule is CC(C)NC1(C(N)=O)CCN([C@@H]2CCCC[C@@H]2c2ccccc2)CC1. The fourth-order valence-electron chi connectivity index (χ4n) is 4.89. The molecule has 0 spiro atoms. The molecule has 0 bridgehead atoms. The molecule has 1 aromatic carbocycles. The lowest BCUT2D eigenvalue weighted by atomic mass is 9.77. The molecular formula is C21H33N3O. The summed E-state index contributed by atoms with van der Waals surface area (Å²) >= 11 is 0. The third kappa shape index (κ3) is 4.06. The van der Waals surface area contributed by atoms with Gasteiger partial charge >= 0.3 is 0 Å². The van der Waals surface area contributed by atoms with E-state index in [2.05, 4.69) is 54.4 Å². The topological polar surface area (TPSA) is 58.4 Å². The van der Waals surface area contributed by atoms with Gasteiger partial charge in [-0.25, -0.2) is 0 Å². The van der Waals surface area contributed by atoms with Gasteiger partial charge in [-0.1, -0.05) is 43.2 Å². The largest absolute Gasteiger partial charge is 0.368 e. The second-order valence-corrected chi connectivity index (χ2v) is 8.15. The first-order chi connectivity index (χ1) is 12.0. The Morgan fingerprint density at radius 3 is 2.40 bits per heavy atom. The van der Waals surface area contributed by atoms with Gasteiger partial charge in [-0.15, -0.1) is 0 Å². The first kappa shape index (κ1) is 18.4. The lowest BCUT2D eigenvalue weighted by Gasteiger charge is -2.47. The van der Waals surface area contributed by atoms with Crippen LogP contribution in [0.15, 0.2) is 30.3 Å². The van der Waals surface area contributed by atoms with Gasteiger partial charge in [0.25, 0.3) is 0 Å². The third-order valence-corrected chi connectivity index (χ3v) is 6.11. The van der Waals surface area contributed by atoms with Gasteiger partial charge in [0.05, 0.1) is 0 Å². The van der Waals surface area contributed by atoms with E-state index < -0.39 is 5.54 Å². The lowest BCUT2D eigenvalue weighted by molar-refractivity contribution is -0.127. The van der Waals surface area contributed by atoms with Crippen molar-refractivity contribution in [2.45, 2.75) is 75.9 Å². The Bertz CT molecular complexity index is 564. The van der Waals surface area contributed by atoms with Gasteiger partial charge in [-0.3, -0.25) is 9.69 Å². The van der Waals surface area contributed by atoms with Crippen molar-refractivity contribution < 1.29 is 4.79 Å². The number of hydrogen-bond acceptors (Lipinski definition) is 3. The zero-order valence-electron chi connectivity index (χ0n) is 15.7. The Morgan fingerprint density at radius 2 is 1.80 bits per heavy atom. The molecule has 138 valence electrons. The highest BCUT2D eigenvalue weighted by Gasteiger charge is 2.42. The molecule has 2 fully saturated rings. The van der Waals surface area contributed by atoms with Gasteiger partial charge in [0.1, 0.15) is 5.54 Å². The monoisotopic (exact) mass is 343 g/mol. The maximum atomic E-state index is 12.1. The first-order valence-electron chi connectivity index (χ1n) is 9.88. The van der Waals surface area contributed by atoms with E-state index in [0.29, 0.717) is 12.0 Å². The van der Waals surface area contributed by atoms with Gasteiger partial charge < -0.3 is 11.1 Å². The summed E-state index contributed by atoms with van der Waals surface area (Å²) in [5.74, 6) is 0.429. The molecule has 2 atom stereocenters. The molecule has 1 aromatic rings. The molecule has 0 radical (unpaired) electrons. The molecule has 1 aliphatic heterocycles. The summed E-state index contributed by atoms with van der Waals surface area (Å²) in [6, 6.07) is 11.8. The molecule has 1 heterocycles. The number of amides is 1. The van der Waals surface area contributed by atoms with Crippen LogP contribution in [0.1, 0.15) is 63.9 Å². The highest BCUT2D eigenvalue weighted by atomic mass is 16.1. The van der Waals surface area contributed by atoms with Crippen LogP contribution < -0.4 is 11.1 Å². The molecule has 0 aromatic heterocycles. The average molecular weight is 344 g/mol. The van der Waals surface area contributed by atoms with Crippen molar-refractivity contribution in [3.05, 3.63) is 35.9 Å². The van der Waals surface area contributed by atoms with Gasteiger partial charge in [-0.2, -0.15) is 0 Å². The highest BCUT2D eigenvalue weighted by Crippen LogP contribution is 2.38. The lowest BCUT2D eigenvalue weighted by Crippen LogP contribution is -2.63. The minimum absolute atomic E-state index is 0.191. The summed E-state index contributed by atoms with van der Waals surface area (Å²) in [6.45, 7) is 6.08. The number of nitrogens with zero attached hydrogens (tertiary/aromatic N) is 1. The summed E-state index contributed by atoms with van der Waals surface area (Å²) in [6.07, 6.45) is 6.81. The Hall–Kier alpha value is -1.39. The molecule has 0 unspecified atom stereocenters. The summed E-state index contributed by atoms with van der Waals surface area (Å²) in [4.78, 5) is 14.7. The zero-order valence-corrected chi connectivity index (χ0v) is 15.7. The Morgan fingerprint density at radius 1 is 1.16 bits per heavy atom. The van der Waals surface area contributed by atoms with Gasteiger partial charge in [0.2, 0.25) is 5.91 Å². The second kappa shape index (κ2) is 7.88. The fraction of sp³-hybridized carbons (Fsp3) is 0.667. The van der Waals surface area contributed by atoms with E-state index in [-0.39, 0.29) is 11.9 Å². The van der Waals surface area contributed by atoms with Crippen molar-refractivity contribution in [2.75, 3.05) is 13.1 Å². The molecule has 1 amide bonds. The molecule has 2 aliphatic rings. The van der Waals surface area contributed by atoms with E-state index in [9.17, 15) is 4.79 Å². The van der Waals surface area contributed by atoms with E-state index in [1.165, 1.54) is 31.2 Å². The number of nitrogens with one attached hydrogen (secondary N) is 1. The summed E-state index contributed by atoms with van der Waals surface area (Å²) in [5.41, 5.74) is 6.72. The minimum Gasteiger partial charge on any atom is -0.368 e. The zero-order chi connectivity index (χ0) is 17.9. The van der Waals surface area contributed by atoms with Crippen molar-refractivity contribution in [3.8, 4) is 0 Å². The van der Waals surface area contributed by atoms with E-state index in [0.717, 1.165) is 25.9 Å². The first-order valence-corrected chi connectivity index (χ1v) is 9.88. The number of carbonyl (C=O) groups excluding carboxylic acids is 1. The molecule has 1 aliphatic carbocycles. The number of piperidine rings is 1. The normalized spacial score (nSPS) is 27.3. The van der Waals surface area contributed by atoms with E-state index in [1.54, 1.807) is 0 Å². The van der Waals surface area contributed by atoms with Crippen LogP contribution in [0.25, 0.3) is 0 Å². The van der Waals surface area contributed by atoms with Gasteiger partial charge in [0, 0.05) is 25.2 Å². The van der Waals surface area contributed by atoms with E-state index in [1.807, 2.05) is 0 Å². The van der Waals surface area contributed by atoms with Crippen molar-refractivity contribution in [3.63, 3.8) is 0 Å². The van der Waals surface area contributed by atoms with Crippen molar-refractivity contribution in [2.24, 2.45) is 5.73 Å². The van der Waals surface area contributed by atoms with Crippen LogP contribution in [0.3, 0.4) is 0 Å². The molecular weight excluding hydrogens is 310 g/mol. The van der Waals surface area contributed by atoms with Gasteiger partial charge in [0.15, 0.2) is 0 Å². The summed E-state index contributed by atoms with van der Waals surface area (Å²) < 4.78 is 0. The molecule has 4 nitrogen and oxygen atoms in total. The third-order valence-electron chi connectivity index (χ3n) is 6.11. The van der Waals surface area contributed by atoms with Crippen LogP contribution >= 0.6 is 0 Å². The van der Waals surface area contributed by atoms with Crippen LogP contribution in [0.4, 0.5) is 0 Å². The summed E-state index contributed by atoms with van der Waals surface area (Å²) in [5, 5.41) is 3.46. The number of rotatable bonds is 5. The standard InChI is InChI=1S/C21H33N3O/c1-16(2)23-21(20(22)25)12-14-24(15-13-21)19-11-7-6-10-18(19)17-8-4-3-5-9-17/h3-5,8-9,16,18-19,23H,6-7,10-15H2,1-2H3,(H2,22,25)/t18-,19-/m1/s1. The van der Waals surface area contributed by atoms with E-state index >= 15 is 0 Å². The van der Waals surface area contributed by atoms with Crippen molar-refractivity contribution in [1.29, 1.82) is 0 Å². The number of primary amides is 1. The van der Waals surface area contributed by atoms with Crippen LogP contribution in [0.5, 0.6) is 0 Å². The molecule has 3 rings (SSSR count). The number of likely N-dealkylation sites (tertiary alicyclic amines) is 1. The molecule has 1 saturated carbocycles. The van der Waals surface area contributed by atoms with Crippen LogP contribution in [0, 0.1) is 0 Å².